The third-order valence-electron chi connectivity index (χ3n) is 2.60. The van der Waals surface area contributed by atoms with Crippen molar-refractivity contribution in [3.05, 3.63) is 71.8 Å². The summed E-state index contributed by atoms with van der Waals surface area (Å²) in [6, 6.07) is 17.6. The molecular weight excluding hydrogens is 240 g/mol. The summed E-state index contributed by atoms with van der Waals surface area (Å²) in [5.41, 5.74) is 4.23. The Labute approximate surface area is 111 Å². The zero-order chi connectivity index (χ0) is 13.5. The average Bonchev–Trinajstić information content (AvgIpc) is 2.45. The predicted molar refractivity (Wildman–Crippen MR) is 74.0 cm³/mol. The van der Waals surface area contributed by atoms with Crippen molar-refractivity contribution < 1.29 is 9.90 Å². The molecule has 0 saturated carbocycles. The van der Waals surface area contributed by atoms with Gasteiger partial charge >= 0.3 is 5.97 Å². The van der Waals surface area contributed by atoms with E-state index < -0.39 is 12.0 Å². The van der Waals surface area contributed by atoms with Crippen molar-refractivity contribution in [2.24, 2.45) is 5.10 Å². The van der Waals surface area contributed by atoms with Crippen molar-refractivity contribution >= 4 is 12.2 Å². The molecule has 0 saturated heterocycles. The Morgan fingerprint density at radius 1 is 1.05 bits per heavy atom. The van der Waals surface area contributed by atoms with E-state index in [4.69, 9.17) is 0 Å². The average molecular weight is 254 g/mol. The van der Waals surface area contributed by atoms with Crippen LogP contribution in [0.3, 0.4) is 0 Å². The molecule has 0 aliphatic rings. The molecule has 0 unspecified atom stereocenters. The maximum Gasteiger partial charge on any atom is 0.332 e. The smallest absolute Gasteiger partial charge is 0.332 e. The first-order valence-electron chi connectivity index (χ1n) is 5.89. The van der Waals surface area contributed by atoms with E-state index in [-0.39, 0.29) is 0 Å². The standard InChI is InChI=1S/C15H14N2O2/c18-15(19)14(13-9-5-2-6-10-13)17-16-11-12-7-3-1-4-8-12/h1-11,14,17H,(H,18,19)/t14-/m0/s1. The Bertz CT molecular complexity index is 553. The van der Waals surface area contributed by atoms with E-state index in [2.05, 4.69) is 10.5 Å². The SMILES string of the molecule is O=C(O)[C@@H](NN=Cc1ccccc1)c1ccccc1. The molecule has 0 spiro atoms. The van der Waals surface area contributed by atoms with Crippen molar-refractivity contribution in [2.75, 3.05) is 0 Å². The largest absolute Gasteiger partial charge is 0.479 e. The zero-order valence-electron chi connectivity index (χ0n) is 10.2. The fourth-order valence-electron chi connectivity index (χ4n) is 1.64. The summed E-state index contributed by atoms with van der Waals surface area (Å²) in [7, 11) is 0. The van der Waals surface area contributed by atoms with Crippen molar-refractivity contribution in [1.82, 2.24) is 5.43 Å². The van der Waals surface area contributed by atoms with Crippen LogP contribution in [-0.4, -0.2) is 17.3 Å². The van der Waals surface area contributed by atoms with Crippen LogP contribution in [0.2, 0.25) is 0 Å². The first kappa shape index (κ1) is 12.8. The molecule has 0 aromatic heterocycles. The molecule has 96 valence electrons. The van der Waals surface area contributed by atoms with E-state index >= 15 is 0 Å². The number of aliphatic carboxylic acids is 1. The summed E-state index contributed by atoms with van der Waals surface area (Å²) < 4.78 is 0. The lowest BCUT2D eigenvalue weighted by Crippen LogP contribution is -2.24. The van der Waals surface area contributed by atoms with E-state index in [1.165, 1.54) is 0 Å². The quantitative estimate of drug-likeness (QED) is 0.636. The van der Waals surface area contributed by atoms with E-state index in [1.807, 2.05) is 36.4 Å². The van der Waals surface area contributed by atoms with Crippen LogP contribution in [0.25, 0.3) is 0 Å². The van der Waals surface area contributed by atoms with Gasteiger partial charge in [0, 0.05) is 0 Å². The van der Waals surface area contributed by atoms with Gasteiger partial charge in [0.25, 0.3) is 0 Å². The van der Waals surface area contributed by atoms with E-state index in [1.54, 1.807) is 30.5 Å². The number of hydrazone groups is 1. The summed E-state index contributed by atoms with van der Waals surface area (Å²) in [5.74, 6) is -0.962. The second-order valence-electron chi connectivity index (χ2n) is 3.98. The zero-order valence-corrected chi connectivity index (χ0v) is 10.2. The number of benzene rings is 2. The molecule has 4 nitrogen and oxygen atoms in total. The van der Waals surface area contributed by atoms with Crippen LogP contribution in [-0.2, 0) is 4.79 Å². The maximum absolute atomic E-state index is 11.2. The maximum atomic E-state index is 11.2. The van der Waals surface area contributed by atoms with Gasteiger partial charge in [-0.15, -0.1) is 0 Å². The third-order valence-corrected chi connectivity index (χ3v) is 2.60. The molecule has 0 aliphatic heterocycles. The number of carbonyl (C=O) groups is 1. The summed E-state index contributed by atoms with van der Waals surface area (Å²) in [5, 5.41) is 13.2. The summed E-state index contributed by atoms with van der Waals surface area (Å²) in [6.45, 7) is 0. The molecule has 4 heteroatoms. The summed E-state index contributed by atoms with van der Waals surface area (Å²) in [6.07, 6.45) is 1.60. The summed E-state index contributed by atoms with van der Waals surface area (Å²) >= 11 is 0. The van der Waals surface area contributed by atoms with Gasteiger partial charge in [-0.1, -0.05) is 60.7 Å². The van der Waals surface area contributed by atoms with Crippen LogP contribution in [0.4, 0.5) is 0 Å². The Balaban J connectivity index is 2.07. The Morgan fingerprint density at radius 2 is 1.63 bits per heavy atom. The molecule has 19 heavy (non-hydrogen) atoms. The number of rotatable bonds is 5. The van der Waals surface area contributed by atoms with Crippen LogP contribution < -0.4 is 5.43 Å². The predicted octanol–water partition coefficient (Wildman–Crippen LogP) is 2.44. The minimum Gasteiger partial charge on any atom is -0.479 e. The highest BCUT2D eigenvalue weighted by Gasteiger charge is 2.17. The molecule has 2 aromatic rings. The molecule has 0 heterocycles. The molecule has 0 fully saturated rings. The molecule has 0 aliphatic carbocycles. The highest BCUT2D eigenvalue weighted by Crippen LogP contribution is 2.12. The lowest BCUT2D eigenvalue weighted by atomic mass is 10.1. The lowest BCUT2D eigenvalue weighted by molar-refractivity contribution is -0.139. The normalized spacial score (nSPS) is 12.2. The molecule has 2 rings (SSSR count). The van der Waals surface area contributed by atoms with Gasteiger partial charge in [0.05, 0.1) is 6.21 Å². The molecule has 2 N–H and O–H groups in total. The van der Waals surface area contributed by atoms with Crippen LogP contribution >= 0.6 is 0 Å². The number of carboxylic acid groups (broad SMARTS) is 1. The van der Waals surface area contributed by atoms with Gasteiger partial charge in [-0.3, -0.25) is 5.43 Å². The molecule has 0 radical (unpaired) electrons. The number of hydrogen-bond acceptors (Lipinski definition) is 3. The molecular formula is C15H14N2O2. The van der Waals surface area contributed by atoms with Gasteiger partial charge in [-0.2, -0.15) is 5.10 Å². The molecule has 2 aromatic carbocycles. The third kappa shape index (κ3) is 3.67. The number of hydrogen-bond donors (Lipinski definition) is 2. The first-order chi connectivity index (χ1) is 9.27. The second kappa shape index (κ2) is 6.35. The number of nitrogens with zero attached hydrogens (tertiary/aromatic N) is 1. The van der Waals surface area contributed by atoms with Crippen molar-refractivity contribution in [2.45, 2.75) is 6.04 Å². The van der Waals surface area contributed by atoms with Gasteiger partial charge < -0.3 is 5.11 Å². The van der Waals surface area contributed by atoms with E-state index in [0.29, 0.717) is 5.56 Å². The fourth-order valence-corrected chi connectivity index (χ4v) is 1.64. The second-order valence-corrected chi connectivity index (χ2v) is 3.98. The fraction of sp³-hybridized carbons (Fsp3) is 0.0667. The molecule has 1 atom stereocenters. The van der Waals surface area contributed by atoms with Gasteiger partial charge in [-0.05, 0) is 11.1 Å². The van der Waals surface area contributed by atoms with Crippen LogP contribution in [0, 0.1) is 0 Å². The Hall–Kier alpha value is -2.62. The first-order valence-corrected chi connectivity index (χ1v) is 5.89. The Morgan fingerprint density at radius 3 is 2.21 bits per heavy atom. The lowest BCUT2D eigenvalue weighted by Gasteiger charge is -2.11. The van der Waals surface area contributed by atoms with E-state index in [0.717, 1.165) is 5.56 Å². The van der Waals surface area contributed by atoms with Crippen molar-refractivity contribution in [3.8, 4) is 0 Å². The number of nitrogens with one attached hydrogen (secondary N) is 1. The highest BCUT2D eigenvalue weighted by atomic mass is 16.4. The highest BCUT2D eigenvalue weighted by molar-refractivity contribution is 5.80. The van der Waals surface area contributed by atoms with Gasteiger partial charge in [-0.25, -0.2) is 4.79 Å². The minimum absolute atomic E-state index is 0.667. The topological polar surface area (TPSA) is 61.7 Å². The van der Waals surface area contributed by atoms with Gasteiger partial charge in [0.15, 0.2) is 6.04 Å². The minimum atomic E-state index is -0.962. The molecule has 0 amide bonds. The van der Waals surface area contributed by atoms with Crippen LogP contribution in [0.15, 0.2) is 65.8 Å². The van der Waals surface area contributed by atoms with Crippen molar-refractivity contribution in [1.29, 1.82) is 0 Å². The monoisotopic (exact) mass is 254 g/mol. The molecule has 0 bridgehead atoms. The van der Waals surface area contributed by atoms with Crippen LogP contribution in [0.5, 0.6) is 0 Å². The number of carboxylic acids is 1. The summed E-state index contributed by atoms with van der Waals surface area (Å²) in [4.78, 5) is 11.2. The van der Waals surface area contributed by atoms with Gasteiger partial charge in [0.2, 0.25) is 0 Å². The van der Waals surface area contributed by atoms with Crippen molar-refractivity contribution in [3.63, 3.8) is 0 Å². The van der Waals surface area contributed by atoms with Gasteiger partial charge in [0.1, 0.15) is 0 Å². The van der Waals surface area contributed by atoms with E-state index in [9.17, 15) is 9.90 Å². The Kier molecular flexibility index (Phi) is 4.29. The van der Waals surface area contributed by atoms with Crippen LogP contribution in [0.1, 0.15) is 17.2 Å².